The van der Waals surface area contributed by atoms with Crippen molar-refractivity contribution in [3.8, 4) is 5.75 Å². The fraction of sp³-hybridized carbons (Fsp3) is 0.417. The Morgan fingerprint density at radius 3 is 2.88 bits per heavy atom. The number of ether oxygens (including phenoxy) is 1. The Bertz CT molecular complexity index is 379. The Morgan fingerprint density at radius 1 is 1.53 bits per heavy atom. The zero-order valence-electron chi connectivity index (χ0n) is 10.6. The Labute approximate surface area is 102 Å². The Hall–Kier alpha value is -1.75. The van der Waals surface area contributed by atoms with Gasteiger partial charge in [-0.3, -0.25) is 10.4 Å². The molecule has 1 aromatic rings. The minimum absolute atomic E-state index is 0.676. The zero-order chi connectivity index (χ0) is 12.7. The molecule has 0 fully saturated rings. The van der Waals surface area contributed by atoms with Crippen LogP contribution < -0.4 is 16.0 Å². The lowest BCUT2D eigenvalue weighted by atomic mass is 10.2. The van der Waals surface area contributed by atoms with E-state index in [9.17, 15) is 0 Å². The summed E-state index contributed by atoms with van der Waals surface area (Å²) < 4.78 is 5.18. The first kappa shape index (κ1) is 13.3. The van der Waals surface area contributed by atoms with E-state index in [1.165, 1.54) is 0 Å². The minimum atomic E-state index is 0.676. The van der Waals surface area contributed by atoms with Crippen LogP contribution >= 0.6 is 0 Å². The van der Waals surface area contributed by atoms with Gasteiger partial charge in [-0.25, -0.2) is 5.84 Å². The lowest BCUT2D eigenvalue weighted by molar-refractivity contribution is 0.412. The molecular weight excluding hydrogens is 216 g/mol. The number of aliphatic imine (C=N–C) groups is 1. The van der Waals surface area contributed by atoms with Crippen molar-refractivity contribution in [1.29, 1.82) is 0 Å². The number of hydrazine groups is 1. The summed E-state index contributed by atoms with van der Waals surface area (Å²) in [6.07, 6.45) is 0. The number of benzene rings is 1. The molecule has 1 aromatic carbocycles. The zero-order valence-corrected chi connectivity index (χ0v) is 10.6. The summed E-state index contributed by atoms with van der Waals surface area (Å²) in [4.78, 5) is 6.21. The van der Waals surface area contributed by atoms with E-state index in [1.807, 2.05) is 43.1 Å². The molecule has 0 spiro atoms. The molecule has 3 N–H and O–H groups in total. The van der Waals surface area contributed by atoms with Crippen LogP contribution in [0.5, 0.6) is 5.75 Å². The van der Waals surface area contributed by atoms with Crippen LogP contribution in [-0.2, 0) is 6.54 Å². The van der Waals surface area contributed by atoms with Crippen molar-refractivity contribution in [2.75, 3.05) is 20.7 Å². The van der Waals surface area contributed by atoms with Gasteiger partial charge in [-0.05, 0) is 24.6 Å². The first-order valence-corrected chi connectivity index (χ1v) is 5.56. The summed E-state index contributed by atoms with van der Waals surface area (Å²) in [5, 5.41) is 0. The third-order valence-corrected chi connectivity index (χ3v) is 2.35. The highest BCUT2D eigenvalue weighted by Crippen LogP contribution is 2.13. The van der Waals surface area contributed by atoms with Gasteiger partial charge in [-0.15, -0.1) is 0 Å². The minimum Gasteiger partial charge on any atom is -0.497 e. The molecule has 1 rings (SSSR count). The van der Waals surface area contributed by atoms with Gasteiger partial charge < -0.3 is 9.64 Å². The van der Waals surface area contributed by atoms with E-state index in [-0.39, 0.29) is 0 Å². The van der Waals surface area contributed by atoms with Crippen molar-refractivity contribution in [1.82, 2.24) is 10.3 Å². The summed E-state index contributed by atoms with van der Waals surface area (Å²) in [5.74, 6) is 6.95. The number of nitrogens with zero attached hydrogens (tertiary/aromatic N) is 2. The molecule has 0 heterocycles. The first-order valence-electron chi connectivity index (χ1n) is 5.56. The maximum absolute atomic E-state index is 5.42. The van der Waals surface area contributed by atoms with Crippen LogP contribution in [-0.4, -0.2) is 31.6 Å². The van der Waals surface area contributed by atoms with E-state index in [0.29, 0.717) is 12.5 Å². The molecule has 0 saturated carbocycles. The van der Waals surface area contributed by atoms with Gasteiger partial charge >= 0.3 is 0 Å². The predicted molar refractivity (Wildman–Crippen MR) is 69.8 cm³/mol. The average molecular weight is 236 g/mol. The Balaban J connectivity index is 2.72. The van der Waals surface area contributed by atoms with Crippen LogP contribution in [0.3, 0.4) is 0 Å². The van der Waals surface area contributed by atoms with E-state index in [4.69, 9.17) is 10.6 Å². The number of rotatable bonds is 4. The molecule has 5 heteroatoms. The standard InChI is InChI=1S/C12H20N4O/c1-4-14-12(15-13)16(2)9-10-6-5-7-11(8-10)17-3/h5-8H,4,9,13H2,1-3H3,(H,14,15). The molecule has 0 aliphatic rings. The highest BCUT2D eigenvalue weighted by molar-refractivity contribution is 5.79. The van der Waals surface area contributed by atoms with Gasteiger partial charge in [0.15, 0.2) is 0 Å². The second-order valence-corrected chi connectivity index (χ2v) is 3.65. The molecule has 0 bridgehead atoms. The quantitative estimate of drug-likeness (QED) is 0.354. The summed E-state index contributed by atoms with van der Waals surface area (Å²) in [6.45, 7) is 3.39. The molecule has 0 atom stereocenters. The predicted octanol–water partition coefficient (Wildman–Crippen LogP) is 0.966. The lowest BCUT2D eigenvalue weighted by Gasteiger charge is -2.20. The van der Waals surface area contributed by atoms with Gasteiger partial charge in [0.25, 0.3) is 0 Å². The SMILES string of the molecule is CCN=C(NN)N(C)Cc1cccc(OC)c1. The number of nitrogens with one attached hydrogen (secondary N) is 1. The van der Waals surface area contributed by atoms with Crippen molar-refractivity contribution in [2.24, 2.45) is 10.8 Å². The summed E-state index contributed by atoms with van der Waals surface area (Å²) in [7, 11) is 3.60. The normalized spacial score (nSPS) is 11.2. The highest BCUT2D eigenvalue weighted by atomic mass is 16.5. The summed E-state index contributed by atoms with van der Waals surface area (Å²) in [6, 6.07) is 7.93. The summed E-state index contributed by atoms with van der Waals surface area (Å²) >= 11 is 0. The molecule has 5 nitrogen and oxygen atoms in total. The van der Waals surface area contributed by atoms with Gasteiger partial charge in [0.1, 0.15) is 5.75 Å². The van der Waals surface area contributed by atoms with E-state index in [1.54, 1.807) is 7.11 Å². The van der Waals surface area contributed by atoms with Gasteiger partial charge in [-0.2, -0.15) is 0 Å². The fourth-order valence-corrected chi connectivity index (χ4v) is 1.55. The number of guanidine groups is 1. The van der Waals surface area contributed by atoms with E-state index in [2.05, 4.69) is 10.4 Å². The van der Waals surface area contributed by atoms with Gasteiger partial charge in [0.2, 0.25) is 5.96 Å². The molecule has 0 aliphatic heterocycles. The van der Waals surface area contributed by atoms with Crippen LogP contribution in [0.2, 0.25) is 0 Å². The topological polar surface area (TPSA) is 62.9 Å². The van der Waals surface area contributed by atoms with Gasteiger partial charge in [0.05, 0.1) is 7.11 Å². The maximum atomic E-state index is 5.42. The monoisotopic (exact) mass is 236 g/mol. The number of nitrogens with two attached hydrogens (primary N) is 1. The summed E-state index contributed by atoms with van der Waals surface area (Å²) in [5.41, 5.74) is 3.74. The van der Waals surface area contributed by atoms with Crippen molar-refractivity contribution in [3.05, 3.63) is 29.8 Å². The Kier molecular flexibility index (Phi) is 5.29. The first-order chi connectivity index (χ1) is 8.21. The molecule has 94 valence electrons. The molecule has 0 aliphatic carbocycles. The van der Waals surface area contributed by atoms with Crippen LogP contribution in [0, 0.1) is 0 Å². The number of methoxy groups -OCH3 is 1. The fourth-order valence-electron chi connectivity index (χ4n) is 1.55. The molecule has 0 saturated heterocycles. The van der Waals surface area contributed by atoms with Crippen molar-refractivity contribution >= 4 is 5.96 Å². The molecule has 0 amide bonds. The highest BCUT2D eigenvalue weighted by Gasteiger charge is 2.05. The third kappa shape index (κ3) is 3.96. The molecule has 0 radical (unpaired) electrons. The van der Waals surface area contributed by atoms with Crippen molar-refractivity contribution < 1.29 is 4.74 Å². The second-order valence-electron chi connectivity index (χ2n) is 3.65. The second kappa shape index (κ2) is 6.75. The van der Waals surface area contributed by atoms with E-state index < -0.39 is 0 Å². The van der Waals surface area contributed by atoms with Crippen LogP contribution in [0.1, 0.15) is 12.5 Å². The van der Waals surface area contributed by atoms with E-state index in [0.717, 1.165) is 17.9 Å². The van der Waals surface area contributed by atoms with E-state index >= 15 is 0 Å². The third-order valence-electron chi connectivity index (χ3n) is 2.35. The maximum Gasteiger partial charge on any atom is 0.208 e. The molecule has 0 unspecified atom stereocenters. The smallest absolute Gasteiger partial charge is 0.208 e. The Morgan fingerprint density at radius 2 is 2.29 bits per heavy atom. The van der Waals surface area contributed by atoms with Crippen LogP contribution in [0.4, 0.5) is 0 Å². The number of hydrogen-bond donors (Lipinski definition) is 2. The van der Waals surface area contributed by atoms with Crippen LogP contribution in [0.25, 0.3) is 0 Å². The molecular formula is C12H20N4O. The van der Waals surface area contributed by atoms with Crippen molar-refractivity contribution in [2.45, 2.75) is 13.5 Å². The average Bonchev–Trinajstić information content (AvgIpc) is 2.36. The number of hydrogen-bond acceptors (Lipinski definition) is 3. The molecule has 0 aromatic heterocycles. The van der Waals surface area contributed by atoms with Crippen LogP contribution in [0.15, 0.2) is 29.3 Å². The van der Waals surface area contributed by atoms with Gasteiger partial charge in [-0.1, -0.05) is 12.1 Å². The van der Waals surface area contributed by atoms with Crippen molar-refractivity contribution in [3.63, 3.8) is 0 Å². The lowest BCUT2D eigenvalue weighted by Crippen LogP contribution is -2.42. The largest absolute Gasteiger partial charge is 0.497 e. The molecule has 17 heavy (non-hydrogen) atoms. The van der Waals surface area contributed by atoms with Gasteiger partial charge in [0, 0.05) is 20.1 Å².